The van der Waals surface area contributed by atoms with Gasteiger partial charge < -0.3 is 0 Å². The first kappa shape index (κ1) is 7.23. The van der Waals surface area contributed by atoms with Gasteiger partial charge in [0.05, 0.1) is 16.9 Å². The summed E-state index contributed by atoms with van der Waals surface area (Å²) in [5, 5.41) is 9.85. The van der Waals surface area contributed by atoms with Gasteiger partial charge in [-0.05, 0) is 12.5 Å². The molecule has 0 radical (unpaired) electrons. The van der Waals surface area contributed by atoms with Crippen LogP contribution in [0.1, 0.15) is 12.8 Å². The topological polar surface area (TPSA) is 40.9 Å². The van der Waals surface area contributed by atoms with E-state index in [4.69, 9.17) is 5.26 Å². The molecule has 0 amide bonds. The molecule has 52 valence electrons. The first-order valence-electron chi connectivity index (χ1n) is 2.99. The molecule has 2 nitrogen and oxygen atoms in total. The summed E-state index contributed by atoms with van der Waals surface area (Å²) in [4.78, 5) is 0.863. The molecule has 10 heavy (non-hydrogen) atoms. The Morgan fingerprint density at radius 2 is 2.50 bits per heavy atom. The number of hydrogen-bond acceptors (Lipinski definition) is 2. The summed E-state index contributed by atoms with van der Waals surface area (Å²) in [5.74, 6) is 0. The molecule has 1 rings (SSSR count). The quantitative estimate of drug-likeness (QED) is 0.602. The number of nitriles is 1. The summed E-state index contributed by atoms with van der Waals surface area (Å²) in [5.41, 5.74) is 0. The fraction of sp³-hybridized carbons (Fsp3) is 0.286. The Morgan fingerprint density at radius 1 is 1.70 bits per heavy atom. The predicted molar refractivity (Wildman–Crippen MR) is 40.2 cm³/mol. The van der Waals surface area contributed by atoms with Crippen LogP contribution in [0, 0.1) is 11.3 Å². The Morgan fingerprint density at radius 3 is 3.00 bits per heavy atom. The van der Waals surface area contributed by atoms with Gasteiger partial charge in [-0.25, -0.2) is 0 Å². The van der Waals surface area contributed by atoms with Crippen LogP contribution in [0.15, 0.2) is 22.5 Å². The summed E-state index contributed by atoms with van der Waals surface area (Å²) >= 11 is 0. The molecule has 0 aromatic rings. The number of nitrogens with zero attached hydrogens (tertiary/aromatic N) is 1. The van der Waals surface area contributed by atoms with E-state index in [1.165, 1.54) is 0 Å². The number of rotatable bonds is 2. The highest BCUT2D eigenvalue weighted by molar-refractivity contribution is 7.92. The van der Waals surface area contributed by atoms with Crippen LogP contribution < -0.4 is 0 Å². The molecule has 1 atom stereocenters. The molecule has 1 aliphatic heterocycles. The van der Waals surface area contributed by atoms with Crippen LogP contribution in [0.5, 0.6) is 0 Å². The Balaban J connectivity index is 2.46. The van der Waals surface area contributed by atoms with E-state index >= 15 is 0 Å². The van der Waals surface area contributed by atoms with Crippen LogP contribution in [0.25, 0.3) is 0 Å². The maximum absolute atomic E-state index is 10.9. The van der Waals surface area contributed by atoms with Crippen molar-refractivity contribution in [3.8, 4) is 6.07 Å². The molecular weight excluding hydrogens is 146 g/mol. The molecule has 3 heteroatoms. The molecule has 1 aliphatic rings. The minimum Gasteiger partial charge on any atom is -0.250 e. The lowest BCUT2D eigenvalue weighted by Crippen LogP contribution is -1.85. The van der Waals surface area contributed by atoms with E-state index in [2.05, 4.69) is 0 Å². The molecule has 0 saturated heterocycles. The zero-order chi connectivity index (χ0) is 7.40. The highest BCUT2D eigenvalue weighted by atomic mass is 32.2. The summed E-state index contributed by atoms with van der Waals surface area (Å²) in [6.45, 7) is 0. The van der Waals surface area contributed by atoms with Gasteiger partial charge in [0, 0.05) is 16.7 Å². The normalized spacial score (nSPS) is 22.3. The van der Waals surface area contributed by atoms with Crippen molar-refractivity contribution >= 4 is 10.8 Å². The fourth-order valence-corrected chi connectivity index (χ4v) is 1.65. The van der Waals surface area contributed by atoms with Gasteiger partial charge in [0.25, 0.3) is 0 Å². The van der Waals surface area contributed by atoms with E-state index in [0.717, 1.165) is 4.91 Å². The van der Waals surface area contributed by atoms with E-state index in [1.807, 2.05) is 12.1 Å². The molecule has 0 aromatic heterocycles. The van der Waals surface area contributed by atoms with Crippen molar-refractivity contribution in [3.05, 3.63) is 22.5 Å². The third kappa shape index (κ3) is 1.55. The van der Waals surface area contributed by atoms with Crippen molar-refractivity contribution in [2.45, 2.75) is 12.8 Å². The molecule has 1 unspecified atom stereocenters. The second-order valence-corrected chi connectivity index (χ2v) is 3.31. The molecule has 0 aliphatic carbocycles. The zero-order valence-electron chi connectivity index (χ0n) is 5.41. The molecular formula is C7H7NOS. The van der Waals surface area contributed by atoms with Gasteiger partial charge in [0.2, 0.25) is 0 Å². The second kappa shape index (κ2) is 3.33. The van der Waals surface area contributed by atoms with Gasteiger partial charge in [-0.3, -0.25) is 4.21 Å². The maximum Gasteiger partial charge on any atom is 0.0735 e. The van der Waals surface area contributed by atoms with Crippen molar-refractivity contribution in [3.63, 3.8) is 0 Å². The average molecular weight is 153 g/mol. The Bertz CT molecular complexity index is 247. The van der Waals surface area contributed by atoms with Crippen molar-refractivity contribution in [1.29, 1.82) is 5.26 Å². The molecule has 0 bridgehead atoms. The van der Waals surface area contributed by atoms with Crippen LogP contribution >= 0.6 is 0 Å². The standard InChI is InChI=1S/C7H7NOS/c8-5-1-3-7-4-2-6-10(7)9/h2,4,6H,1,3H2. The van der Waals surface area contributed by atoms with Crippen LogP contribution in [0.3, 0.4) is 0 Å². The third-order valence-corrected chi connectivity index (χ3v) is 2.49. The summed E-state index contributed by atoms with van der Waals surface area (Å²) in [6, 6.07) is 2.01. The Labute approximate surface area is 62.3 Å². The lowest BCUT2D eigenvalue weighted by atomic mass is 10.3. The number of hydrogen-bond donors (Lipinski definition) is 0. The molecule has 0 saturated carbocycles. The molecule has 0 spiro atoms. The van der Waals surface area contributed by atoms with E-state index in [0.29, 0.717) is 12.8 Å². The minimum absolute atomic E-state index is 0.458. The molecule has 0 N–H and O–H groups in total. The van der Waals surface area contributed by atoms with E-state index in [9.17, 15) is 4.21 Å². The van der Waals surface area contributed by atoms with Crippen LogP contribution in [-0.4, -0.2) is 4.21 Å². The SMILES string of the molecule is N#CCCC1=CC=CS1=O. The first-order chi connectivity index (χ1) is 4.84. The highest BCUT2D eigenvalue weighted by Gasteiger charge is 2.06. The lowest BCUT2D eigenvalue weighted by Gasteiger charge is -1.92. The van der Waals surface area contributed by atoms with Gasteiger partial charge >= 0.3 is 0 Å². The van der Waals surface area contributed by atoms with Gasteiger partial charge in [-0.15, -0.1) is 0 Å². The monoisotopic (exact) mass is 153 g/mol. The van der Waals surface area contributed by atoms with E-state index in [1.54, 1.807) is 11.5 Å². The van der Waals surface area contributed by atoms with Crippen LogP contribution in [0.4, 0.5) is 0 Å². The highest BCUT2D eigenvalue weighted by Crippen LogP contribution is 2.16. The van der Waals surface area contributed by atoms with Gasteiger partial charge in [-0.2, -0.15) is 5.26 Å². The average Bonchev–Trinajstić information content (AvgIpc) is 2.31. The molecule has 1 heterocycles. The largest absolute Gasteiger partial charge is 0.250 e. The van der Waals surface area contributed by atoms with Gasteiger partial charge in [0.15, 0.2) is 0 Å². The van der Waals surface area contributed by atoms with Crippen molar-refractivity contribution in [1.82, 2.24) is 0 Å². The third-order valence-electron chi connectivity index (χ3n) is 1.23. The molecule has 0 aromatic carbocycles. The van der Waals surface area contributed by atoms with E-state index < -0.39 is 10.8 Å². The van der Waals surface area contributed by atoms with Crippen LogP contribution in [-0.2, 0) is 10.8 Å². The summed E-state index contributed by atoms with van der Waals surface area (Å²) in [7, 11) is -0.933. The van der Waals surface area contributed by atoms with Gasteiger partial charge in [-0.1, -0.05) is 6.08 Å². The maximum atomic E-state index is 10.9. The fourth-order valence-electron chi connectivity index (χ4n) is 0.735. The van der Waals surface area contributed by atoms with Crippen molar-refractivity contribution < 1.29 is 4.21 Å². The Kier molecular flexibility index (Phi) is 2.41. The van der Waals surface area contributed by atoms with Crippen LogP contribution in [0.2, 0.25) is 0 Å². The smallest absolute Gasteiger partial charge is 0.0735 e. The van der Waals surface area contributed by atoms with Crippen molar-refractivity contribution in [2.24, 2.45) is 0 Å². The number of allylic oxidation sites excluding steroid dienone is 3. The Hall–Kier alpha value is -0.880. The van der Waals surface area contributed by atoms with Crippen molar-refractivity contribution in [2.75, 3.05) is 0 Å². The lowest BCUT2D eigenvalue weighted by molar-refractivity contribution is 0.691. The predicted octanol–water partition coefficient (Wildman–Crippen LogP) is 1.45. The van der Waals surface area contributed by atoms with E-state index in [-0.39, 0.29) is 0 Å². The summed E-state index contributed by atoms with van der Waals surface area (Å²) in [6.07, 6.45) is 4.67. The minimum atomic E-state index is -0.933. The zero-order valence-corrected chi connectivity index (χ0v) is 6.23. The molecule has 0 fully saturated rings. The second-order valence-electron chi connectivity index (χ2n) is 1.92. The summed E-state index contributed by atoms with van der Waals surface area (Å²) < 4.78 is 10.9. The first-order valence-corrected chi connectivity index (χ1v) is 4.21. The van der Waals surface area contributed by atoms with Gasteiger partial charge in [0.1, 0.15) is 0 Å².